The van der Waals surface area contributed by atoms with Gasteiger partial charge in [-0.2, -0.15) is 18.4 Å². The SMILES string of the molecule is N#Cc1cc(C(F)(F)F)ccc1NC1CCOC(c2ccccc2)C1. The monoisotopic (exact) mass is 346 g/mol. The van der Waals surface area contributed by atoms with E-state index in [-0.39, 0.29) is 17.7 Å². The summed E-state index contributed by atoms with van der Waals surface area (Å²) in [6, 6.07) is 14.9. The number of anilines is 1. The van der Waals surface area contributed by atoms with E-state index in [9.17, 15) is 18.4 Å². The summed E-state index contributed by atoms with van der Waals surface area (Å²) in [6.45, 7) is 0.555. The van der Waals surface area contributed by atoms with E-state index in [1.54, 1.807) is 0 Å². The van der Waals surface area contributed by atoms with E-state index in [2.05, 4.69) is 5.32 Å². The van der Waals surface area contributed by atoms with Gasteiger partial charge in [-0.1, -0.05) is 30.3 Å². The minimum Gasteiger partial charge on any atom is -0.381 e. The van der Waals surface area contributed by atoms with Crippen molar-refractivity contribution < 1.29 is 17.9 Å². The number of nitriles is 1. The van der Waals surface area contributed by atoms with Gasteiger partial charge in [0.05, 0.1) is 22.9 Å². The molecule has 2 unspecified atom stereocenters. The minimum atomic E-state index is -4.46. The van der Waals surface area contributed by atoms with Crippen molar-refractivity contribution in [3.05, 3.63) is 65.2 Å². The van der Waals surface area contributed by atoms with E-state index in [4.69, 9.17) is 4.74 Å². The molecule has 3 nitrogen and oxygen atoms in total. The zero-order chi connectivity index (χ0) is 17.9. The lowest BCUT2D eigenvalue weighted by atomic mass is 9.97. The first-order valence-electron chi connectivity index (χ1n) is 8.02. The highest BCUT2D eigenvalue weighted by Crippen LogP contribution is 2.33. The summed E-state index contributed by atoms with van der Waals surface area (Å²) in [7, 11) is 0. The summed E-state index contributed by atoms with van der Waals surface area (Å²) in [5.41, 5.74) is 0.678. The van der Waals surface area contributed by atoms with Crippen LogP contribution in [-0.2, 0) is 10.9 Å². The highest BCUT2D eigenvalue weighted by atomic mass is 19.4. The number of alkyl halides is 3. The molecule has 3 rings (SSSR count). The molecular formula is C19H17F3N2O. The summed E-state index contributed by atoms with van der Waals surface area (Å²) < 4.78 is 44.2. The molecule has 0 amide bonds. The molecule has 1 aliphatic heterocycles. The van der Waals surface area contributed by atoms with E-state index in [0.29, 0.717) is 18.7 Å². The molecule has 0 radical (unpaired) electrons. The lowest BCUT2D eigenvalue weighted by Gasteiger charge is -2.31. The molecule has 1 N–H and O–H groups in total. The van der Waals surface area contributed by atoms with E-state index in [0.717, 1.165) is 24.1 Å². The van der Waals surface area contributed by atoms with Gasteiger partial charge < -0.3 is 10.1 Å². The molecule has 0 bridgehead atoms. The molecule has 0 aromatic heterocycles. The third kappa shape index (κ3) is 4.12. The fourth-order valence-electron chi connectivity index (χ4n) is 2.99. The first-order chi connectivity index (χ1) is 12.0. The Balaban J connectivity index is 1.75. The molecule has 2 aromatic rings. The van der Waals surface area contributed by atoms with Crippen LogP contribution in [0.5, 0.6) is 0 Å². The van der Waals surface area contributed by atoms with Crippen LogP contribution in [0.2, 0.25) is 0 Å². The number of benzene rings is 2. The van der Waals surface area contributed by atoms with E-state index < -0.39 is 11.7 Å². The minimum absolute atomic E-state index is 0.00224. The number of nitrogens with one attached hydrogen (secondary N) is 1. The van der Waals surface area contributed by atoms with Crippen molar-refractivity contribution in [3.8, 4) is 6.07 Å². The Morgan fingerprint density at radius 1 is 1.12 bits per heavy atom. The van der Waals surface area contributed by atoms with Gasteiger partial charge in [-0.05, 0) is 36.6 Å². The molecule has 25 heavy (non-hydrogen) atoms. The second kappa shape index (κ2) is 7.16. The maximum Gasteiger partial charge on any atom is 0.416 e. The molecule has 1 heterocycles. The van der Waals surface area contributed by atoms with Crippen LogP contribution in [0.15, 0.2) is 48.5 Å². The van der Waals surface area contributed by atoms with Crippen LogP contribution in [0, 0.1) is 11.3 Å². The number of hydrogen-bond acceptors (Lipinski definition) is 3. The van der Waals surface area contributed by atoms with E-state index >= 15 is 0 Å². The van der Waals surface area contributed by atoms with Gasteiger partial charge in [-0.25, -0.2) is 0 Å². The largest absolute Gasteiger partial charge is 0.416 e. The van der Waals surface area contributed by atoms with Crippen molar-refractivity contribution in [2.75, 3.05) is 11.9 Å². The first-order valence-corrected chi connectivity index (χ1v) is 8.02. The van der Waals surface area contributed by atoms with Crippen LogP contribution in [-0.4, -0.2) is 12.6 Å². The van der Waals surface area contributed by atoms with Gasteiger partial charge in [0, 0.05) is 12.6 Å². The van der Waals surface area contributed by atoms with Crippen LogP contribution in [0.1, 0.15) is 35.6 Å². The molecule has 130 valence electrons. The Morgan fingerprint density at radius 3 is 2.56 bits per heavy atom. The van der Waals surface area contributed by atoms with Gasteiger partial charge in [0.15, 0.2) is 0 Å². The number of ether oxygens (including phenoxy) is 1. The summed E-state index contributed by atoms with van der Waals surface area (Å²) in [5, 5.41) is 12.4. The average Bonchev–Trinajstić information content (AvgIpc) is 2.62. The molecule has 1 aliphatic rings. The van der Waals surface area contributed by atoms with Crippen molar-refractivity contribution in [3.63, 3.8) is 0 Å². The maximum atomic E-state index is 12.8. The van der Waals surface area contributed by atoms with Crippen molar-refractivity contribution in [2.24, 2.45) is 0 Å². The number of hydrogen-bond donors (Lipinski definition) is 1. The molecular weight excluding hydrogens is 329 g/mol. The molecule has 2 aromatic carbocycles. The maximum absolute atomic E-state index is 12.8. The Bertz CT molecular complexity index is 768. The third-order valence-electron chi connectivity index (χ3n) is 4.28. The van der Waals surface area contributed by atoms with Gasteiger partial charge >= 0.3 is 6.18 Å². The van der Waals surface area contributed by atoms with Gasteiger partial charge in [-0.3, -0.25) is 0 Å². The van der Waals surface area contributed by atoms with Gasteiger partial charge in [0.25, 0.3) is 0 Å². The molecule has 0 saturated carbocycles. The predicted molar refractivity (Wildman–Crippen MR) is 87.9 cm³/mol. The molecule has 0 aliphatic carbocycles. The molecule has 0 spiro atoms. The fraction of sp³-hybridized carbons (Fsp3) is 0.316. The van der Waals surface area contributed by atoms with Gasteiger partial charge in [-0.15, -0.1) is 0 Å². The Kier molecular flexibility index (Phi) is 4.95. The normalized spacial score (nSPS) is 20.7. The van der Waals surface area contributed by atoms with Crippen LogP contribution in [0.25, 0.3) is 0 Å². The third-order valence-corrected chi connectivity index (χ3v) is 4.28. The van der Waals surface area contributed by atoms with Crippen molar-refractivity contribution >= 4 is 5.69 Å². The molecule has 2 atom stereocenters. The van der Waals surface area contributed by atoms with Gasteiger partial charge in [0.2, 0.25) is 0 Å². The second-order valence-corrected chi connectivity index (χ2v) is 6.01. The van der Waals surface area contributed by atoms with E-state index in [1.165, 1.54) is 6.07 Å². The van der Waals surface area contributed by atoms with Crippen LogP contribution < -0.4 is 5.32 Å². The van der Waals surface area contributed by atoms with Crippen LogP contribution >= 0.6 is 0 Å². The summed E-state index contributed by atoms with van der Waals surface area (Å²) in [5.74, 6) is 0. The number of rotatable bonds is 3. The lowest BCUT2D eigenvalue weighted by molar-refractivity contribution is -0.137. The fourth-order valence-corrected chi connectivity index (χ4v) is 2.99. The van der Waals surface area contributed by atoms with Crippen molar-refractivity contribution in [1.82, 2.24) is 0 Å². The topological polar surface area (TPSA) is 45.0 Å². The standard InChI is InChI=1S/C19H17F3N2O/c20-19(21,22)15-6-7-17(14(10-15)12-23)24-16-8-9-25-18(11-16)13-4-2-1-3-5-13/h1-7,10,16,18,24H,8-9,11H2. The predicted octanol–water partition coefficient (Wildman–Crippen LogP) is 4.91. The quantitative estimate of drug-likeness (QED) is 0.859. The first kappa shape index (κ1) is 17.3. The van der Waals surface area contributed by atoms with E-state index in [1.807, 2.05) is 36.4 Å². The Labute approximate surface area is 144 Å². The van der Waals surface area contributed by atoms with Crippen molar-refractivity contribution in [2.45, 2.75) is 31.2 Å². The molecule has 1 fully saturated rings. The van der Waals surface area contributed by atoms with Gasteiger partial charge in [0.1, 0.15) is 6.07 Å². The Hall–Kier alpha value is -2.52. The van der Waals surface area contributed by atoms with Crippen LogP contribution in [0.3, 0.4) is 0 Å². The molecule has 1 saturated heterocycles. The zero-order valence-electron chi connectivity index (χ0n) is 13.4. The average molecular weight is 346 g/mol. The number of halogens is 3. The summed E-state index contributed by atoms with van der Waals surface area (Å²) >= 11 is 0. The summed E-state index contributed by atoms with van der Waals surface area (Å²) in [4.78, 5) is 0. The number of nitrogens with zero attached hydrogens (tertiary/aromatic N) is 1. The summed E-state index contributed by atoms with van der Waals surface area (Å²) in [6.07, 6.45) is -3.10. The second-order valence-electron chi connectivity index (χ2n) is 6.01. The highest BCUT2D eigenvalue weighted by Gasteiger charge is 2.31. The zero-order valence-corrected chi connectivity index (χ0v) is 13.4. The lowest BCUT2D eigenvalue weighted by Crippen LogP contribution is -2.30. The van der Waals surface area contributed by atoms with Crippen molar-refractivity contribution in [1.29, 1.82) is 5.26 Å². The Morgan fingerprint density at radius 2 is 1.88 bits per heavy atom. The highest BCUT2D eigenvalue weighted by molar-refractivity contribution is 5.59. The van der Waals surface area contributed by atoms with Crippen LogP contribution in [0.4, 0.5) is 18.9 Å². The smallest absolute Gasteiger partial charge is 0.381 e. The molecule has 6 heteroatoms.